The molecule has 0 aliphatic carbocycles. The van der Waals surface area contributed by atoms with E-state index in [0.717, 1.165) is 55.4 Å². The summed E-state index contributed by atoms with van der Waals surface area (Å²) in [5.74, 6) is -0.478. The fourth-order valence-electron chi connectivity index (χ4n) is 4.20. The summed E-state index contributed by atoms with van der Waals surface area (Å²) < 4.78 is 6.95. The molecule has 2 aromatic rings. The van der Waals surface area contributed by atoms with Crippen molar-refractivity contribution in [3.8, 4) is 0 Å². The molecule has 31 heavy (non-hydrogen) atoms. The van der Waals surface area contributed by atoms with Crippen LogP contribution in [0, 0.1) is 20.8 Å². The lowest BCUT2D eigenvalue weighted by molar-refractivity contribution is -0.116. The van der Waals surface area contributed by atoms with Gasteiger partial charge in [-0.05, 0) is 64.1 Å². The summed E-state index contributed by atoms with van der Waals surface area (Å²) in [4.78, 5) is 29.7. The average molecular weight is 427 g/mol. The number of anilines is 2. The Bertz CT molecular complexity index is 943. The second kappa shape index (κ2) is 10.0. The third-order valence-corrected chi connectivity index (χ3v) is 6.01. The number of benzene rings is 1. The van der Waals surface area contributed by atoms with Gasteiger partial charge in [0.05, 0.1) is 12.2 Å². The largest absolute Gasteiger partial charge is 0.462 e. The molecular weight excluding hydrogens is 392 g/mol. The van der Waals surface area contributed by atoms with Gasteiger partial charge in [0.2, 0.25) is 5.91 Å². The van der Waals surface area contributed by atoms with Crippen LogP contribution in [-0.2, 0) is 16.1 Å². The van der Waals surface area contributed by atoms with Crippen LogP contribution in [-0.4, -0.2) is 60.7 Å². The van der Waals surface area contributed by atoms with Gasteiger partial charge in [-0.1, -0.05) is 6.92 Å². The van der Waals surface area contributed by atoms with Crippen LogP contribution in [0.25, 0.3) is 0 Å². The number of likely N-dealkylation sites (N-methyl/N-ethyl adjacent to an activating group) is 1. The normalized spacial score (nSPS) is 14.5. The Morgan fingerprint density at radius 2 is 1.74 bits per heavy atom. The molecule has 7 heteroatoms. The van der Waals surface area contributed by atoms with E-state index in [1.165, 1.54) is 5.69 Å². The number of esters is 1. The Hall–Kier alpha value is -2.80. The van der Waals surface area contributed by atoms with Gasteiger partial charge in [-0.2, -0.15) is 0 Å². The minimum absolute atomic E-state index is 0.124. The van der Waals surface area contributed by atoms with E-state index in [2.05, 4.69) is 35.0 Å². The van der Waals surface area contributed by atoms with E-state index in [0.29, 0.717) is 12.2 Å². The van der Waals surface area contributed by atoms with Crippen LogP contribution in [0.3, 0.4) is 0 Å². The summed E-state index contributed by atoms with van der Waals surface area (Å²) in [6.45, 7) is 15.6. The summed E-state index contributed by atoms with van der Waals surface area (Å²) in [7, 11) is 0. The van der Waals surface area contributed by atoms with Crippen molar-refractivity contribution < 1.29 is 14.3 Å². The van der Waals surface area contributed by atoms with E-state index < -0.39 is 0 Å². The molecule has 0 spiro atoms. The average Bonchev–Trinajstić information content (AvgIpc) is 3.02. The number of carbonyl (C=O) groups is 2. The monoisotopic (exact) mass is 426 g/mol. The quantitative estimate of drug-likeness (QED) is 0.688. The van der Waals surface area contributed by atoms with Crippen LogP contribution < -0.4 is 10.2 Å². The molecule has 1 amide bonds. The predicted molar refractivity (Wildman–Crippen MR) is 124 cm³/mol. The molecular formula is C24H34N4O3. The number of hydrogen-bond donors (Lipinski definition) is 1. The van der Waals surface area contributed by atoms with E-state index in [9.17, 15) is 9.59 Å². The fraction of sp³-hybridized carbons (Fsp3) is 0.500. The maximum absolute atomic E-state index is 12.7. The standard InChI is InChI=1S/C24H34N4O3/c1-6-26-10-12-27(13-11-26)22-9-8-20(14-17(22)3)25-23(29)16-28-18(4)15-21(19(28)5)24(30)31-7-2/h8-9,14-15H,6-7,10-13,16H2,1-5H3,(H,25,29). The third kappa shape index (κ3) is 5.28. The van der Waals surface area contributed by atoms with Crippen molar-refractivity contribution in [3.63, 3.8) is 0 Å². The first-order chi connectivity index (χ1) is 14.8. The van der Waals surface area contributed by atoms with E-state index in [1.807, 2.05) is 30.5 Å². The number of carbonyl (C=O) groups excluding carboxylic acids is 2. The first kappa shape index (κ1) is 22.9. The minimum Gasteiger partial charge on any atom is -0.462 e. The highest BCUT2D eigenvalue weighted by Crippen LogP contribution is 2.25. The van der Waals surface area contributed by atoms with E-state index in [1.54, 1.807) is 13.0 Å². The Balaban J connectivity index is 1.65. The van der Waals surface area contributed by atoms with Crippen molar-refractivity contribution in [1.82, 2.24) is 9.47 Å². The van der Waals surface area contributed by atoms with Gasteiger partial charge < -0.3 is 24.4 Å². The van der Waals surface area contributed by atoms with Crippen LogP contribution >= 0.6 is 0 Å². The molecule has 1 aliphatic heterocycles. The van der Waals surface area contributed by atoms with Crippen LogP contribution in [0.5, 0.6) is 0 Å². The van der Waals surface area contributed by atoms with Crippen molar-refractivity contribution >= 4 is 23.3 Å². The Kier molecular flexibility index (Phi) is 7.38. The molecule has 0 bridgehead atoms. The molecule has 1 fully saturated rings. The molecule has 1 aliphatic rings. The van der Waals surface area contributed by atoms with E-state index in [-0.39, 0.29) is 18.4 Å². The summed E-state index contributed by atoms with van der Waals surface area (Å²) >= 11 is 0. The van der Waals surface area contributed by atoms with Crippen molar-refractivity contribution in [2.24, 2.45) is 0 Å². The van der Waals surface area contributed by atoms with E-state index >= 15 is 0 Å². The lowest BCUT2D eigenvalue weighted by Crippen LogP contribution is -2.46. The number of ether oxygens (including phenoxy) is 1. The molecule has 0 atom stereocenters. The lowest BCUT2D eigenvalue weighted by Gasteiger charge is -2.36. The zero-order valence-corrected chi connectivity index (χ0v) is 19.3. The number of aromatic nitrogens is 1. The zero-order valence-electron chi connectivity index (χ0n) is 19.3. The molecule has 0 radical (unpaired) electrons. The van der Waals surface area contributed by atoms with Crippen LogP contribution in [0.2, 0.25) is 0 Å². The van der Waals surface area contributed by atoms with Crippen molar-refractivity contribution in [3.05, 3.63) is 46.8 Å². The van der Waals surface area contributed by atoms with Gasteiger partial charge in [-0.15, -0.1) is 0 Å². The van der Waals surface area contributed by atoms with Crippen LogP contribution in [0.15, 0.2) is 24.3 Å². The highest BCUT2D eigenvalue weighted by Gasteiger charge is 2.19. The van der Waals surface area contributed by atoms with Crippen molar-refractivity contribution in [2.45, 2.75) is 41.2 Å². The molecule has 1 N–H and O–H groups in total. The molecule has 1 aromatic heterocycles. The highest BCUT2D eigenvalue weighted by molar-refractivity contribution is 5.93. The zero-order chi connectivity index (χ0) is 22.5. The second-order valence-electron chi connectivity index (χ2n) is 8.06. The number of nitrogens with one attached hydrogen (secondary N) is 1. The SMILES string of the molecule is CCOC(=O)c1cc(C)n(CC(=O)Nc2ccc(N3CCN(CC)CC3)c(C)c2)c1C. The Morgan fingerprint density at radius 1 is 1.03 bits per heavy atom. The number of nitrogens with zero attached hydrogens (tertiary/aromatic N) is 3. The van der Waals surface area contributed by atoms with Gasteiger partial charge in [-0.3, -0.25) is 4.79 Å². The van der Waals surface area contributed by atoms with Gasteiger partial charge in [0, 0.05) is 48.9 Å². The maximum atomic E-state index is 12.7. The Morgan fingerprint density at radius 3 is 2.35 bits per heavy atom. The van der Waals surface area contributed by atoms with Gasteiger partial charge in [0.25, 0.3) is 0 Å². The van der Waals surface area contributed by atoms with Gasteiger partial charge in [0.15, 0.2) is 0 Å². The summed E-state index contributed by atoms with van der Waals surface area (Å²) in [6, 6.07) is 7.86. The molecule has 168 valence electrons. The Labute approximate surface area is 185 Å². The predicted octanol–water partition coefficient (Wildman–Crippen LogP) is 3.37. The topological polar surface area (TPSA) is 66.8 Å². The first-order valence-corrected chi connectivity index (χ1v) is 11.1. The number of hydrogen-bond acceptors (Lipinski definition) is 5. The van der Waals surface area contributed by atoms with Gasteiger partial charge >= 0.3 is 5.97 Å². The van der Waals surface area contributed by atoms with Crippen molar-refractivity contribution in [2.75, 3.05) is 49.5 Å². The molecule has 0 unspecified atom stereocenters. The molecule has 1 aromatic carbocycles. The maximum Gasteiger partial charge on any atom is 0.339 e. The van der Waals surface area contributed by atoms with Crippen LogP contribution in [0.1, 0.15) is 41.2 Å². The number of rotatable bonds is 7. The number of aryl methyl sites for hydroxylation is 2. The number of amides is 1. The fourth-order valence-corrected chi connectivity index (χ4v) is 4.20. The summed E-state index contributed by atoms with van der Waals surface area (Å²) in [5.41, 5.74) is 5.27. The van der Waals surface area contributed by atoms with Crippen molar-refractivity contribution in [1.29, 1.82) is 0 Å². The third-order valence-electron chi connectivity index (χ3n) is 6.01. The molecule has 2 heterocycles. The summed E-state index contributed by atoms with van der Waals surface area (Å²) in [6.07, 6.45) is 0. The van der Waals surface area contributed by atoms with Gasteiger partial charge in [0.1, 0.15) is 6.54 Å². The highest BCUT2D eigenvalue weighted by atomic mass is 16.5. The molecule has 1 saturated heterocycles. The molecule has 0 saturated carbocycles. The van der Waals surface area contributed by atoms with Crippen LogP contribution in [0.4, 0.5) is 11.4 Å². The second-order valence-corrected chi connectivity index (χ2v) is 8.06. The molecule has 7 nitrogen and oxygen atoms in total. The van der Waals surface area contributed by atoms with Gasteiger partial charge in [-0.25, -0.2) is 4.79 Å². The lowest BCUT2D eigenvalue weighted by atomic mass is 10.1. The van der Waals surface area contributed by atoms with E-state index in [4.69, 9.17) is 4.74 Å². The number of piperazine rings is 1. The minimum atomic E-state index is -0.353. The first-order valence-electron chi connectivity index (χ1n) is 11.1. The molecule has 3 rings (SSSR count). The smallest absolute Gasteiger partial charge is 0.339 e. The summed E-state index contributed by atoms with van der Waals surface area (Å²) in [5, 5.41) is 2.99.